The van der Waals surface area contributed by atoms with Gasteiger partial charge in [0.1, 0.15) is 5.82 Å². The highest BCUT2D eigenvalue weighted by Crippen LogP contribution is 2.33. The first-order valence-electron chi connectivity index (χ1n) is 6.58. The molecule has 5 nitrogen and oxygen atoms in total. The summed E-state index contributed by atoms with van der Waals surface area (Å²) in [7, 11) is 0. The predicted octanol–water partition coefficient (Wildman–Crippen LogP) is 1.83. The van der Waals surface area contributed by atoms with Gasteiger partial charge in [0.05, 0.1) is 12.6 Å². The average Bonchev–Trinajstić information content (AvgIpc) is 2.97. The van der Waals surface area contributed by atoms with Crippen molar-refractivity contribution in [3.63, 3.8) is 0 Å². The molecule has 1 saturated heterocycles. The van der Waals surface area contributed by atoms with Crippen LogP contribution in [0.4, 0.5) is 4.39 Å². The molecule has 1 N–H and O–H groups in total. The van der Waals surface area contributed by atoms with E-state index in [1.165, 1.54) is 12.1 Å². The second-order valence-corrected chi connectivity index (χ2v) is 5.10. The maximum absolute atomic E-state index is 13.0. The van der Waals surface area contributed by atoms with E-state index in [0.29, 0.717) is 31.3 Å². The van der Waals surface area contributed by atoms with Crippen LogP contribution in [0.15, 0.2) is 28.7 Å². The van der Waals surface area contributed by atoms with E-state index in [9.17, 15) is 9.50 Å². The van der Waals surface area contributed by atoms with E-state index in [1.807, 2.05) is 0 Å². The van der Waals surface area contributed by atoms with E-state index in [1.54, 1.807) is 19.1 Å². The lowest BCUT2D eigenvalue weighted by molar-refractivity contribution is 0.167. The van der Waals surface area contributed by atoms with E-state index in [0.717, 1.165) is 5.56 Å². The van der Waals surface area contributed by atoms with Gasteiger partial charge in [-0.2, -0.15) is 0 Å². The molecule has 2 atom stereocenters. The number of benzene rings is 1. The number of hydrogen-bond acceptors (Lipinski definition) is 5. The molecule has 20 heavy (non-hydrogen) atoms. The molecule has 0 aliphatic carbocycles. The van der Waals surface area contributed by atoms with Crippen molar-refractivity contribution in [1.82, 2.24) is 15.1 Å². The molecule has 1 aromatic heterocycles. The van der Waals surface area contributed by atoms with Crippen LogP contribution in [-0.2, 0) is 6.54 Å². The summed E-state index contributed by atoms with van der Waals surface area (Å²) in [6.07, 6.45) is 0.229. The minimum absolute atomic E-state index is 0.0396. The summed E-state index contributed by atoms with van der Waals surface area (Å²) >= 11 is 0. The number of aryl methyl sites for hydroxylation is 1. The molecule has 1 aliphatic heterocycles. The monoisotopic (exact) mass is 277 g/mol. The van der Waals surface area contributed by atoms with Gasteiger partial charge in [0, 0.05) is 19.5 Å². The van der Waals surface area contributed by atoms with E-state index >= 15 is 0 Å². The molecule has 6 heteroatoms. The molecule has 0 saturated carbocycles. The van der Waals surface area contributed by atoms with Crippen molar-refractivity contribution >= 4 is 0 Å². The fourth-order valence-corrected chi connectivity index (χ4v) is 2.66. The number of aliphatic hydroxyl groups excluding tert-OH is 1. The Hall–Kier alpha value is -1.79. The van der Waals surface area contributed by atoms with E-state index in [2.05, 4.69) is 15.1 Å². The Labute approximate surface area is 116 Å². The van der Waals surface area contributed by atoms with Crippen molar-refractivity contribution in [1.29, 1.82) is 0 Å². The second kappa shape index (κ2) is 5.30. The van der Waals surface area contributed by atoms with Gasteiger partial charge in [-0.25, -0.2) is 4.39 Å². The first kappa shape index (κ1) is 13.2. The van der Waals surface area contributed by atoms with Gasteiger partial charge in [-0.05, 0) is 24.1 Å². The standard InChI is InChI=1S/C14H16FN3O2/c1-9-16-17-14(20-9)8-18-7-12(19)6-13(18)10-2-4-11(15)5-3-10/h2-5,12-13,19H,6-8H2,1H3/t12-,13-/m0/s1. The van der Waals surface area contributed by atoms with Crippen LogP contribution in [0.25, 0.3) is 0 Å². The fourth-order valence-electron chi connectivity index (χ4n) is 2.66. The lowest BCUT2D eigenvalue weighted by Gasteiger charge is -2.22. The van der Waals surface area contributed by atoms with E-state index in [-0.39, 0.29) is 11.9 Å². The minimum Gasteiger partial charge on any atom is -0.424 e. The molecule has 106 valence electrons. The van der Waals surface area contributed by atoms with Crippen LogP contribution in [0.3, 0.4) is 0 Å². The predicted molar refractivity (Wildman–Crippen MR) is 69.2 cm³/mol. The van der Waals surface area contributed by atoms with Crippen molar-refractivity contribution in [2.24, 2.45) is 0 Å². The highest BCUT2D eigenvalue weighted by atomic mass is 19.1. The molecule has 0 radical (unpaired) electrons. The van der Waals surface area contributed by atoms with Crippen molar-refractivity contribution in [2.45, 2.75) is 32.0 Å². The van der Waals surface area contributed by atoms with E-state index < -0.39 is 6.10 Å². The fraction of sp³-hybridized carbons (Fsp3) is 0.429. The van der Waals surface area contributed by atoms with Crippen LogP contribution < -0.4 is 0 Å². The topological polar surface area (TPSA) is 62.4 Å². The molecule has 0 bridgehead atoms. The number of β-amino-alcohol motifs (C(OH)–C–C–N with tert-alkyl or cyclic N) is 1. The SMILES string of the molecule is Cc1nnc(CN2C[C@@H](O)C[C@H]2c2ccc(F)cc2)o1. The van der Waals surface area contributed by atoms with Crippen LogP contribution in [0.2, 0.25) is 0 Å². The molecule has 0 amide bonds. The first-order valence-corrected chi connectivity index (χ1v) is 6.58. The molecule has 1 aromatic carbocycles. The Balaban J connectivity index is 1.79. The van der Waals surface area contributed by atoms with Gasteiger partial charge in [0.25, 0.3) is 0 Å². The number of likely N-dealkylation sites (tertiary alicyclic amines) is 1. The molecule has 1 fully saturated rings. The number of aromatic nitrogens is 2. The van der Waals surface area contributed by atoms with Gasteiger partial charge in [-0.3, -0.25) is 4.90 Å². The zero-order chi connectivity index (χ0) is 14.1. The third-order valence-corrected chi connectivity index (χ3v) is 3.54. The quantitative estimate of drug-likeness (QED) is 0.927. The second-order valence-electron chi connectivity index (χ2n) is 5.10. The summed E-state index contributed by atoms with van der Waals surface area (Å²) < 4.78 is 18.4. The van der Waals surface area contributed by atoms with Crippen molar-refractivity contribution < 1.29 is 13.9 Å². The third-order valence-electron chi connectivity index (χ3n) is 3.54. The van der Waals surface area contributed by atoms with Crippen molar-refractivity contribution in [2.75, 3.05) is 6.54 Å². The van der Waals surface area contributed by atoms with Crippen LogP contribution in [0.1, 0.15) is 29.8 Å². The van der Waals surface area contributed by atoms with E-state index in [4.69, 9.17) is 4.42 Å². The number of halogens is 1. The van der Waals surface area contributed by atoms with Gasteiger partial charge >= 0.3 is 0 Å². The Kier molecular flexibility index (Phi) is 3.50. The summed E-state index contributed by atoms with van der Waals surface area (Å²) in [6.45, 7) is 2.77. The third kappa shape index (κ3) is 2.71. The van der Waals surface area contributed by atoms with Crippen molar-refractivity contribution in [3.05, 3.63) is 47.4 Å². The van der Waals surface area contributed by atoms with Gasteiger partial charge in [0.15, 0.2) is 0 Å². The number of nitrogens with zero attached hydrogens (tertiary/aromatic N) is 3. The Morgan fingerprint density at radius 3 is 2.75 bits per heavy atom. The van der Waals surface area contributed by atoms with Crippen LogP contribution >= 0.6 is 0 Å². The van der Waals surface area contributed by atoms with Gasteiger partial charge < -0.3 is 9.52 Å². The van der Waals surface area contributed by atoms with Crippen molar-refractivity contribution in [3.8, 4) is 0 Å². The summed E-state index contributed by atoms with van der Waals surface area (Å²) in [4.78, 5) is 2.07. The van der Waals surface area contributed by atoms with Gasteiger partial charge in [-0.1, -0.05) is 12.1 Å². The smallest absolute Gasteiger partial charge is 0.230 e. The first-order chi connectivity index (χ1) is 9.61. The lowest BCUT2D eigenvalue weighted by atomic mass is 10.0. The molecule has 2 heterocycles. The minimum atomic E-state index is -0.394. The maximum atomic E-state index is 13.0. The molecule has 3 rings (SSSR count). The largest absolute Gasteiger partial charge is 0.424 e. The lowest BCUT2D eigenvalue weighted by Crippen LogP contribution is -2.24. The van der Waals surface area contributed by atoms with Crippen LogP contribution in [0, 0.1) is 12.7 Å². The summed E-state index contributed by atoms with van der Waals surface area (Å²) in [5, 5.41) is 17.7. The number of aliphatic hydroxyl groups is 1. The summed E-state index contributed by atoms with van der Waals surface area (Å²) in [5.74, 6) is 0.799. The molecule has 1 aliphatic rings. The van der Waals surface area contributed by atoms with Crippen LogP contribution in [0.5, 0.6) is 0 Å². The molecular formula is C14H16FN3O2. The molecule has 2 aromatic rings. The maximum Gasteiger partial charge on any atom is 0.230 e. The number of hydrogen-bond donors (Lipinski definition) is 1. The summed E-state index contributed by atoms with van der Waals surface area (Å²) in [5.41, 5.74) is 0.985. The molecular weight excluding hydrogens is 261 g/mol. The Morgan fingerprint density at radius 1 is 1.35 bits per heavy atom. The average molecular weight is 277 g/mol. The highest BCUT2D eigenvalue weighted by molar-refractivity contribution is 5.21. The number of rotatable bonds is 3. The zero-order valence-corrected chi connectivity index (χ0v) is 11.2. The molecule has 0 unspecified atom stereocenters. The van der Waals surface area contributed by atoms with Crippen LogP contribution in [-0.4, -0.2) is 32.9 Å². The zero-order valence-electron chi connectivity index (χ0n) is 11.2. The Morgan fingerprint density at radius 2 is 2.10 bits per heavy atom. The summed E-state index contributed by atoms with van der Waals surface area (Å²) in [6, 6.07) is 6.43. The Bertz CT molecular complexity index is 584. The molecule has 0 spiro atoms. The van der Waals surface area contributed by atoms with Gasteiger partial charge in [0.2, 0.25) is 11.8 Å². The highest BCUT2D eigenvalue weighted by Gasteiger charge is 2.32. The normalized spacial score (nSPS) is 23.4. The van der Waals surface area contributed by atoms with Gasteiger partial charge in [-0.15, -0.1) is 10.2 Å².